The molecule has 0 saturated carbocycles. The lowest BCUT2D eigenvalue weighted by atomic mass is 10.0. The highest BCUT2D eigenvalue weighted by atomic mass is 32.2. The molecule has 1 N–H and O–H groups in total. The second-order valence-electron chi connectivity index (χ2n) is 6.73. The van der Waals surface area contributed by atoms with Gasteiger partial charge in [0.25, 0.3) is 0 Å². The SMILES string of the molecule is CSc1ccc(-c2cc(OCCCCCC(=O)O)nc(-c3ccccc3)c2)cc1. The number of ether oxygens (including phenoxy) is 1. The quantitative estimate of drug-likeness (QED) is 0.322. The Bertz CT molecular complexity index is 927. The van der Waals surface area contributed by atoms with E-state index in [0.29, 0.717) is 18.9 Å². The Kier molecular flexibility index (Phi) is 7.70. The van der Waals surface area contributed by atoms with Crippen LogP contribution in [0.2, 0.25) is 0 Å². The molecule has 0 aliphatic rings. The standard InChI is InChI=1S/C24H25NO3S/c1-29-21-13-11-18(12-14-21)20-16-22(19-8-4-2-5-9-19)25-23(17-20)28-15-7-3-6-10-24(26)27/h2,4-5,8-9,11-14,16-17H,3,6-7,10,15H2,1H3,(H,26,27). The molecular formula is C24H25NO3S. The monoisotopic (exact) mass is 407 g/mol. The molecule has 0 amide bonds. The fourth-order valence-electron chi connectivity index (χ4n) is 3.02. The van der Waals surface area contributed by atoms with Gasteiger partial charge in [-0.15, -0.1) is 11.8 Å². The summed E-state index contributed by atoms with van der Waals surface area (Å²) >= 11 is 1.72. The van der Waals surface area contributed by atoms with Crippen LogP contribution >= 0.6 is 11.8 Å². The fraction of sp³-hybridized carbons (Fsp3) is 0.250. The van der Waals surface area contributed by atoms with Crippen LogP contribution in [0.25, 0.3) is 22.4 Å². The Morgan fingerprint density at radius 3 is 2.38 bits per heavy atom. The predicted octanol–water partition coefficient (Wildman–Crippen LogP) is 6.16. The summed E-state index contributed by atoms with van der Waals surface area (Å²) in [6, 6.07) is 22.6. The topological polar surface area (TPSA) is 59.4 Å². The smallest absolute Gasteiger partial charge is 0.303 e. The molecule has 0 bridgehead atoms. The van der Waals surface area contributed by atoms with Crippen LogP contribution in [0.4, 0.5) is 0 Å². The third-order valence-corrected chi connectivity index (χ3v) is 5.32. The van der Waals surface area contributed by atoms with Crippen LogP contribution in [0.5, 0.6) is 5.88 Å². The summed E-state index contributed by atoms with van der Waals surface area (Å²) in [6.45, 7) is 0.524. The van der Waals surface area contributed by atoms with E-state index in [2.05, 4.69) is 41.6 Å². The van der Waals surface area contributed by atoms with Gasteiger partial charge in [-0.05, 0) is 54.8 Å². The van der Waals surface area contributed by atoms with Crippen LogP contribution in [0.3, 0.4) is 0 Å². The van der Waals surface area contributed by atoms with Gasteiger partial charge in [-0.25, -0.2) is 4.98 Å². The molecule has 0 radical (unpaired) electrons. The van der Waals surface area contributed by atoms with Gasteiger partial charge < -0.3 is 9.84 Å². The minimum atomic E-state index is -0.750. The van der Waals surface area contributed by atoms with Crippen molar-refractivity contribution < 1.29 is 14.6 Å². The van der Waals surface area contributed by atoms with Crippen molar-refractivity contribution in [3.8, 4) is 28.3 Å². The summed E-state index contributed by atoms with van der Waals surface area (Å²) in [5, 5.41) is 8.72. The molecule has 0 spiro atoms. The number of thioether (sulfide) groups is 1. The highest BCUT2D eigenvalue weighted by molar-refractivity contribution is 7.98. The van der Waals surface area contributed by atoms with E-state index in [1.165, 1.54) is 4.90 Å². The number of nitrogens with zero attached hydrogens (tertiary/aromatic N) is 1. The van der Waals surface area contributed by atoms with Gasteiger partial charge >= 0.3 is 5.97 Å². The van der Waals surface area contributed by atoms with Gasteiger partial charge in [0.15, 0.2) is 0 Å². The van der Waals surface area contributed by atoms with Crippen molar-refractivity contribution >= 4 is 17.7 Å². The second-order valence-corrected chi connectivity index (χ2v) is 7.61. The molecule has 0 saturated heterocycles. The molecule has 0 aliphatic heterocycles. The van der Waals surface area contributed by atoms with E-state index >= 15 is 0 Å². The van der Waals surface area contributed by atoms with Gasteiger partial charge in [0.2, 0.25) is 5.88 Å². The van der Waals surface area contributed by atoms with E-state index in [1.54, 1.807) is 11.8 Å². The number of aromatic nitrogens is 1. The first-order valence-corrected chi connectivity index (χ1v) is 10.9. The van der Waals surface area contributed by atoms with Gasteiger partial charge in [-0.2, -0.15) is 0 Å². The van der Waals surface area contributed by atoms with Crippen molar-refractivity contribution in [2.45, 2.75) is 30.6 Å². The third-order valence-electron chi connectivity index (χ3n) is 4.58. The normalized spacial score (nSPS) is 10.7. The van der Waals surface area contributed by atoms with Crippen molar-refractivity contribution in [2.24, 2.45) is 0 Å². The Balaban J connectivity index is 1.78. The highest BCUT2D eigenvalue weighted by Gasteiger charge is 2.08. The Morgan fingerprint density at radius 1 is 0.931 bits per heavy atom. The molecule has 4 nitrogen and oxygen atoms in total. The van der Waals surface area contributed by atoms with E-state index in [0.717, 1.165) is 35.2 Å². The summed E-state index contributed by atoms with van der Waals surface area (Å²) in [6.07, 6.45) is 4.58. The second kappa shape index (κ2) is 10.7. The van der Waals surface area contributed by atoms with Gasteiger partial charge in [-0.3, -0.25) is 4.79 Å². The average molecular weight is 408 g/mol. The molecule has 150 valence electrons. The molecule has 5 heteroatoms. The van der Waals surface area contributed by atoms with Gasteiger partial charge in [0.05, 0.1) is 12.3 Å². The van der Waals surface area contributed by atoms with Gasteiger partial charge in [0, 0.05) is 22.9 Å². The number of pyridine rings is 1. The lowest BCUT2D eigenvalue weighted by molar-refractivity contribution is -0.137. The predicted molar refractivity (Wildman–Crippen MR) is 118 cm³/mol. The van der Waals surface area contributed by atoms with E-state index in [1.807, 2.05) is 36.4 Å². The molecule has 1 heterocycles. The van der Waals surface area contributed by atoms with Crippen molar-refractivity contribution in [3.05, 3.63) is 66.7 Å². The van der Waals surface area contributed by atoms with Crippen LogP contribution in [-0.4, -0.2) is 28.9 Å². The summed E-state index contributed by atoms with van der Waals surface area (Å²) in [5.74, 6) is -0.159. The van der Waals surface area contributed by atoms with Gasteiger partial charge in [0.1, 0.15) is 0 Å². The molecule has 0 aliphatic carbocycles. The number of hydrogen-bond acceptors (Lipinski definition) is 4. The number of benzene rings is 2. The minimum absolute atomic E-state index is 0.206. The average Bonchev–Trinajstić information content (AvgIpc) is 2.76. The van der Waals surface area contributed by atoms with E-state index < -0.39 is 5.97 Å². The number of carbonyl (C=O) groups is 1. The van der Waals surface area contributed by atoms with Gasteiger partial charge in [-0.1, -0.05) is 42.5 Å². The Hall–Kier alpha value is -2.79. The molecular weight excluding hydrogens is 382 g/mol. The van der Waals surface area contributed by atoms with Crippen LogP contribution in [0, 0.1) is 0 Å². The van der Waals surface area contributed by atoms with E-state index in [4.69, 9.17) is 9.84 Å². The zero-order chi connectivity index (χ0) is 20.5. The Labute approximate surface area is 176 Å². The molecule has 3 rings (SSSR count). The molecule has 2 aromatic carbocycles. The van der Waals surface area contributed by atoms with E-state index in [9.17, 15) is 4.79 Å². The number of carboxylic acid groups (broad SMARTS) is 1. The number of hydrogen-bond donors (Lipinski definition) is 1. The molecule has 29 heavy (non-hydrogen) atoms. The lowest BCUT2D eigenvalue weighted by Crippen LogP contribution is -2.01. The van der Waals surface area contributed by atoms with Crippen LogP contribution in [-0.2, 0) is 4.79 Å². The first kappa shape index (κ1) is 20.9. The van der Waals surface area contributed by atoms with E-state index in [-0.39, 0.29) is 6.42 Å². The zero-order valence-electron chi connectivity index (χ0n) is 16.5. The first-order valence-electron chi connectivity index (χ1n) is 9.72. The number of aliphatic carboxylic acids is 1. The number of rotatable bonds is 10. The molecule has 1 aromatic heterocycles. The van der Waals surface area contributed by atoms with Crippen molar-refractivity contribution in [1.29, 1.82) is 0 Å². The number of carboxylic acids is 1. The van der Waals surface area contributed by atoms with Crippen molar-refractivity contribution in [3.63, 3.8) is 0 Å². The summed E-state index contributed by atoms with van der Waals surface area (Å²) in [7, 11) is 0. The Morgan fingerprint density at radius 2 is 1.69 bits per heavy atom. The zero-order valence-corrected chi connectivity index (χ0v) is 17.3. The molecule has 0 unspecified atom stereocenters. The number of unbranched alkanes of at least 4 members (excludes halogenated alkanes) is 2. The minimum Gasteiger partial charge on any atom is -0.481 e. The maximum Gasteiger partial charge on any atom is 0.303 e. The largest absolute Gasteiger partial charge is 0.481 e. The molecule has 0 atom stereocenters. The first-order chi connectivity index (χ1) is 14.2. The summed E-state index contributed by atoms with van der Waals surface area (Å²) in [5.41, 5.74) is 4.10. The van der Waals surface area contributed by atoms with Crippen molar-refractivity contribution in [1.82, 2.24) is 4.98 Å². The van der Waals surface area contributed by atoms with Crippen LogP contribution < -0.4 is 4.74 Å². The maximum absolute atomic E-state index is 10.6. The maximum atomic E-state index is 10.6. The summed E-state index contributed by atoms with van der Waals surface area (Å²) in [4.78, 5) is 16.5. The van der Waals surface area contributed by atoms with Crippen molar-refractivity contribution in [2.75, 3.05) is 12.9 Å². The lowest BCUT2D eigenvalue weighted by Gasteiger charge is -2.11. The fourth-order valence-corrected chi connectivity index (χ4v) is 3.43. The highest BCUT2D eigenvalue weighted by Crippen LogP contribution is 2.30. The molecule has 0 fully saturated rings. The molecule has 3 aromatic rings. The van der Waals surface area contributed by atoms with Crippen LogP contribution in [0.15, 0.2) is 71.6 Å². The summed E-state index contributed by atoms with van der Waals surface area (Å²) < 4.78 is 5.92. The van der Waals surface area contributed by atoms with Crippen LogP contribution in [0.1, 0.15) is 25.7 Å². The third kappa shape index (κ3) is 6.36.